The van der Waals surface area contributed by atoms with Crippen LogP contribution in [0, 0.1) is 0 Å². The van der Waals surface area contributed by atoms with Crippen molar-refractivity contribution in [2.24, 2.45) is 0 Å². The highest BCUT2D eigenvalue weighted by molar-refractivity contribution is 9.10. The number of benzene rings is 1. The van der Waals surface area contributed by atoms with Gasteiger partial charge in [0.2, 0.25) is 0 Å². The molecule has 1 N–H and O–H groups in total. The lowest BCUT2D eigenvalue weighted by molar-refractivity contribution is 0.00254. The van der Waals surface area contributed by atoms with Gasteiger partial charge in [-0.1, -0.05) is 15.9 Å². The Hall–Kier alpha value is -0.670. The molecule has 0 saturated heterocycles. The van der Waals surface area contributed by atoms with Crippen molar-refractivity contribution < 1.29 is 30.5 Å². The lowest BCUT2D eigenvalue weighted by Crippen LogP contribution is -2.19. The van der Waals surface area contributed by atoms with Crippen LogP contribution in [0.2, 0.25) is 0 Å². The van der Waals surface area contributed by atoms with E-state index in [1.807, 2.05) is 0 Å². The van der Waals surface area contributed by atoms with E-state index in [1.165, 1.54) is 0 Å². The van der Waals surface area contributed by atoms with Gasteiger partial charge in [-0.3, -0.25) is 4.55 Å². The third-order valence-corrected chi connectivity index (χ3v) is 3.65. The topological polar surface area (TPSA) is 54.4 Å². The summed E-state index contributed by atoms with van der Waals surface area (Å²) in [4.78, 5) is -0.704. The number of rotatable bonds is 4. The Morgan fingerprint density at radius 1 is 1.17 bits per heavy atom. The SMILES string of the molecule is O=S(=O)(O)c1ccc(Br)c(C(F)C(F)C(F)F)c1. The van der Waals surface area contributed by atoms with Gasteiger partial charge >= 0.3 is 0 Å². The molecule has 0 aliphatic heterocycles. The van der Waals surface area contributed by atoms with Gasteiger partial charge in [-0.05, 0) is 18.2 Å². The van der Waals surface area contributed by atoms with Gasteiger partial charge in [0.05, 0.1) is 4.90 Å². The van der Waals surface area contributed by atoms with E-state index in [2.05, 4.69) is 15.9 Å². The molecule has 2 atom stereocenters. The molecule has 0 aromatic heterocycles. The van der Waals surface area contributed by atoms with E-state index in [0.717, 1.165) is 12.1 Å². The highest BCUT2D eigenvalue weighted by Crippen LogP contribution is 2.34. The molecular formula is C9H7BrF4O3S. The van der Waals surface area contributed by atoms with Crippen molar-refractivity contribution >= 4 is 26.0 Å². The Morgan fingerprint density at radius 3 is 2.17 bits per heavy atom. The summed E-state index contributed by atoms with van der Waals surface area (Å²) in [7, 11) is -4.62. The third kappa shape index (κ3) is 3.42. The Balaban J connectivity index is 3.24. The van der Waals surface area contributed by atoms with Crippen LogP contribution in [0.4, 0.5) is 17.6 Å². The predicted octanol–water partition coefficient (Wildman–Crippen LogP) is 3.31. The van der Waals surface area contributed by atoms with Crippen LogP contribution in [0.15, 0.2) is 27.6 Å². The van der Waals surface area contributed by atoms with Gasteiger partial charge in [0.25, 0.3) is 16.5 Å². The number of halogens is 5. The molecule has 0 saturated carbocycles. The highest BCUT2D eigenvalue weighted by atomic mass is 79.9. The molecule has 0 spiro atoms. The zero-order valence-corrected chi connectivity index (χ0v) is 10.9. The lowest BCUT2D eigenvalue weighted by atomic mass is 10.1. The standard InChI is InChI=1S/C9H7BrF4O3S/c10-6-2-1-4(18(15,16)17)3-5(6)7(11)8(12)9(13)14/h1-3,7-9H,(H,15,16,17). The fraction of sp³-hybridized carbons (Fsp3) is 0.333. The van der Waals surface area contributed by atoms with Crippen molar-refractivity contribution in [3.63, 3.8) is 0 Å². The van der Waals surface area contributed by atoms with Crippen molar-refractivity contribution in [2.75, 3.05) is 0 Å². The molecule has 102 valence electrons. The molecule has 0 bridgehead atoms. The summed E-state index contributed by atoms with van der Waals surface area (Å²) in [5, 5.41) is 0. The van der Waals surface area contributed by atoms with Crippen LogP contribution >= 0.6 is 15.9 Å². The molecule has 9 heteroatoms. The summed E-state index contributed by atoms with van der Waals surface area (Å²) in [6.45, 7) is 0. The maximum Gasteiger partial charge on any atom is 0.294 e. The molecule has 0 radical (unpaired) electrons. The number of hydrogen-bond donors (Lipinski definition) is 1. The fourth-order valence-electron chi connectivity index (χ4n) is 1.19. The normalized spacial score (nSPS) is 15.7. The van der Waals surface area contributed by atoms with Crippen molar-refractivity contribution in [3.8, 4) is 0 Å². The van der Waals surface area contributed by atoms with Crippen LogP contribution < -0.4 is 0 Å². The molecular weight excluding hydrogens is 344 g/mol. The maximum atomic E-state index is 13.4. The second kappa shape index (κ2) is 5.54. The number of alkyl halides is 4. The second-order valence-electron chi connectivity index (χ2n) is 3.34. The zero-order valence-electron chi connectivity index (χ0n) is 8.53. The molecule has 0 heterocycles. The Bertz CT molecular complexity index is 535. The van der Waals surface area contributed by atoms with Gasteiger partial charge in [-0.25, -0.2) is 17.6 Å². The van der Waals surface area contributed by atoms with E-state index >= 15 is 0 Å². The molecule has 2 unspecified atom stereocenters. The van der Waals surface area contributed by atoms with E-state index < -0.39 is 39.3 Å². The van der Waals surface area contributed by atoms with Gasteiger partial charge in [0.1, 0.15) is 0 Å². The third-order valence-electron chi connectivity index (χ3n) is 2.08. The fourth-order valence-corrected chi connectivity index (χ4v) is 2.17. The first-order valence-electron chi connectivity index (χ1n) is 4.48. The zero-order chi connectivity index (χ0) is 14.1. The molecule has 0 aliphatic carbocycles. The van der Waals surface area contributed by atoms with Gasteiger partial charge in [0, 0.05) is 10.0 Å². The van der Waals surface area contributed by atoms with Crippen LogP contribution in [0.1, 0.15) is 11.7 Å². The summed E-state index contributed by atoms with van der Waals surface area (Å²) >= 11 is 2.79. The summed E-state index contributed by atoms with van der Waals surface area (Å²) in [5.74, 6) is 0. The van der Waals surface area contributed by atoms with Gasteiger partial charge in [-0.2, -0.15) is 8.42 Å². The Kier molecular flexibility index (Phi) is 4.73. The molecule has 1 aromatic rings. The monoisotopic (exact) mass is 350 g/mol. The molecule has 0 aliphatic rings. The van der Waals surface area contributed by atoms with Crippen molar-refractivity contribution in [2.45, 2.75) is 23.7 Å². The molecule has 0 fully saturated rings. The molecule has 3 nitrogen and oxygen atoms in total. The van der Waals surface area contributed by atoms with E-state index in [0.29, 0.717) is 6.07 Å². The first kappa shape index (κ1) is 15.4. The van der Waals surface area contributed by atoms with E-state index in [9.17, 15) is 26.0 Å². The summed E-state index contributed by atoms with van der Waals surface area (Å²) in [6.07, 6.45) is -9.33. The molecule has 18 heavy (non-hydrogen) atoms. The minimum absolute atomic E-state index is 0.0781. The minimum atomic E-state index is -4.62. The van der Waals surface area contributed by atoms with Crippen molar-refractivity contribution in [1.29, 1.82) is 0 Å². The molecule has 1 aromatic carbocycles. The summed E-state index contributed by atoms with van der Waals surface area (Å²) < 4.78 is 80.6. The predicted molar refractivity (Wildman–Crippen MR) is 58.7 cm³/mol. The first-order chi connectivity index (χ1) is 8.14. The highest BCUT2D eigenvalue weighted by Gasteiger charge is 2.33. The summed E-state index contributed by atoms with van der Waals surface area (Å²) in [6, 6.07) is 2.54. The van der Waals surface area contributed by atoms with Crippen LogP contribution in [0.3, 0.4) is 0 Å². The van der Waals surface area contributed by atoms with Crippen LogP contribution in [0.25, 0.3) is 0 Å². The van der Waals surface area contributed by atoms with Crippen LogP contribution in [-0.2, 0) is 10.1 Å². The van der Waals surface area contributed by atoms with Crippen molar-refractivity contribution in [3.05, 3.63) is 28.2 Å². The van der Waals surface area contributed by atoms with E-state index in [-0.39, 0.29) is 4.47 Å². The van der Waals surface area contributed by atoms with Gasteiger partial charge in [0.15, 0.2) is 12.3 Å². The van der Waals surface area contributed by atoms with Crippen LogP contribution in [0.5, 0.6) is 0 Å². The summed E-state index contributed by atoms with van der Waals surface area (Å²) in [5.41, 5.74) is -0.613. The first-order valence-corrected chi connectivity index (χ1v) is 6.71. The molecule has 1 rings (SSSR count). The largest absolute Gasteiger partial charge is 0.294 e. The number of hydrogen-bond acceptors (Lipinski definition) is 2. The smallest absolute Gasteiger partial charge is 0.282 e. The Labute approximate surface area is 109 Å². The average molecular weight is 351 g/mol. The minimum Gasteiger partial charge on any atom is -0.282 e. The Morgan fingerprint density at radius 2 is 1.72 bits per heavy atom. The van der Waals surface area contributed by atoms with Gasteiger partial charge < -0.3 is 0 Å². The average Bonchev–Trinajstić information content (AvgIpc) is 2.26. The van der Waals surface area contributed by atoms with E-state index in [1.54, 1.807) is 0 Å². The maximum absolute atomic E-state index is 13.4. The van der Waals surface area contributed by atoms with E-state index in [4.69, 9.17) is 4.55 Å². The quantitative estimate of drug-likeness (QED) is 0.669. The van der Waals surface area contributed by atoms with Crippen molar-refractivity contribution in [1.82, 2.24) is 0 Å². The van der Waals surface area contributed by atoms with Crippen LogP contribution in [-0.4, -0.2) is 25.6 Å². The van der Waals surface area contributed by atoms with Gasteiger partial charge in [-0.15, -0.1) is 0 Å². The molecule has 0 amide bonds. The second-order valence-corrected chi connectivity index (χ2v) is 5.61. The lowest BCUT2D eigenvalue weighted by Gasteiger charge is -2.15.